The third-order valence-corrected chi connectivity index (χ3v) is 4.67. The molecule has 0 aliphatic heterocycles. The molecular formula is C18H29NO. The summed E-state index contributed by atoms with van der Waals surface area (Å²) in [6, 6.07) is 11.2. The van der Waals surface area contributed by atoms with E-state index in [1.54, 1.807) is 0 Å². The van der Waals surface area contributed by atoms with E-state index in [9.17, 15) is 5.11 Å². The molecule has 1 aliphatic carbocycles. The predicted molar refractivity (Wildman–Crippen MR) is 84.7 cm³/mol. The van der Waals surface area contributed by atoms with Gasteiger partial charge in [-0.3, -0.25) is 0 Å². The van der Waals surface area contributed by atoms with Gasteiger partial charge in [0.15, 0.2) is 0 Å². The third-order valence-electron chi connectivity index (χ3n) is 4.67. The lowest BCUT2D eigenvalue weighted by atomic mass is 9.77. The predicted octanol–water partition coefficient (Wildman–Crippen LogP) is 3.39. The zero-order valence-electron chi connectivity index (χ0n) is 12.9. The Hall–Kier alpha value is -0.860. The fraction of sp³-hybridized carbons (Fsp3) is 0.667. The Morgan fingerprint density at radius 1 is 1.15 bits per heavy atom. The van der Waals surface area contributed by atoms with E-state index < -0.39 is 0 Å². The molecule has 0 saturated heterocycles. The first-order valence-corrected chi connectivity index (χ1v) is 8.11. The molecule has 0 amide bonds. The number of nitrogens with one attached hydrogen (secondary N) is 1. The van der Waals surface area contributed by atoms with Crippen LogP contribution in [0.15, 0.2) is 30.3 Å². The van der Waals surface area contributed by atoms with Gasteiger partial charge in [-0.25, -0.2) is 0 Å². The van der Waals surface area contributed by atoms with Gasteiger partial charge in [0.25, 0.3) is 0 Å². The van der Waals surface area contributed by atoms with E-state index in [-0.39, 0.29) is 12.6 Å². The molecule has 3 unspecified atom stereocenters. The van der Waals surface area contributed by atoms with Crippen LogP contribution in [0.1, 0.15) is 45.1 Å². The average Bonchev–Trinajstić information content (AvgIpc) is 2.48. The Kier molecular flexibility index (Phi) is 6.06. The highest BCUT2D eigenvalue weighted by atomic mass is 16.3. The molecule has 112 valence electrons. The summed E-state index contributed by atoms with van der Waals surface area (Å²) in [5.41, 5.74) is 1.30. The van der Waals surface area contributed by atoms with E-state index in [2.05, 4.69) is 43.4 Å². The highest BCUT2D eigenvalue weighted by Gasteiger charge is 2.28. The van der Waals surface area contributed by atoms with Crippen molar-refractivity contribution in [2.75, 3.05) is 6.61 Å². The summed E-state index contributed by atoms with van der Waals surface area (Å²) in [6.45, 7) is 4.88. The van der Waals surface area contributed by atoms with Gasteiger partial charge in [0.1, 0.15) is 0 Å². The highest BCUT2D eigenvalue weighted by molar-refractivity contribution is 5.16. The number of hydrogen-bond donors (Lipinski definition) is 2. The SMILES string of the molecule is CC(C)C1CCCCC1NC(CO)Cc1ccccc1. The third kappa shape index (κ3) is 4.32. The Morgan fingerprint density at radius 2 is 1.85 bits per heavy atom. The second-order valence-corrected chi connectivity index (χ2v) is 6.53. The first-order chi connectivity index (χ1) is 9.70. The Morgan fingerprint density at radius 3 is 2.50 bits per heavy atom. The summed E-state index contributed by atoms with van der Waals surface area (Å²) in [5.74, 6) is 1.48. The maximum absolute atomic E-state index is 9.68. The molecule has 1 aromatic rings. The van der Waals surface area contributed by atoms with Gasteiger partial charge in [-0.1, -0.05) is 57.0 Å². The van der Waals surface area contributed by atoms with Gasteiger partial charge >= 0.3 is 0 Å². The van der Waals surface area contributed by atoms with Crippen LogP contribution < -0.4 is 5.32 Å². The van der Waals surface area contributed by atoms with Crippen LogP contribution in [0.2, 0.25) is 0 Å². The quantitative estimate of drug-likeness (QED) is 0.834. The van der Waals surface area contributed by atoms with E-state index >= 15 is 0 Å². The number of hydrogen-bond acceptors (Lipinski definition) is 2. The van der Waals surface area contributed by atoms with Crippen molar-refractivity contribution in [3.05, 3.63) is 35.9 Å². The van der Waals surface area contributed by atoms with Crippen LogP contribution in [0.5, 0.6) is 0 Å². The molecular weight excluding hydrogens is 246 g/mol. The molecule has 2 N–H and O–H groups in total. The number of aliphatic hydroxyl groups excluding tert-OH is 1. The van der Waals surface area contributed by atoms with Crippen molar-refractivity contribution in [1.82, 2.24) is 5.32 Å². The van der Waals surface area contributed by atoms with Crippen molar-refractivity contribution in [3.8, 4) is 0 Å². The summed E-state index contributed by atoms with van der Waals surface area (Å²) >= 11 is 0. The van der Waals surface area contributed by atoms with E-state index in [1.807, 2.05) is 6.07 Å². The lowest BCUT2D eigenvalue weighted by molar-refractivity contribution is 0.162. The molecule has 2 nitrogen and oxygen atoms in total. The minimum absolute atomic E-state index is 0.182. The fourth-order valence-corrected chi connectivity index (χ4v) is 3.54. The van der Waals surface area contributed by atoms with Crippen LogP contribution in [0.4, 0.5) is 0 Å². The molecule has 0 bridgehead atoms. The maximum Gasteiger partial charge on any atom is 0.0587 e. The summed E-state index contributed by atoms with van der Waals surface area (Å²) < 4.78 is 0. The van der Waals surface area contributed by atoms with E-state index in [1.165, 1.54) is 31.2 Å². The van der Waals surface area contributed by atoms with Crippen LogP contribution in [0, 0.1) is 11.8 Å². The lowest BCUT2D eigenvalue weighted by Gasteiger charge is -2.37. The van der Waals surface area contributed by atoms with E-state index in [0.29, 0.717) is 6.04 Å². The Balaban J connectivity index is 1.94. The lowest BCUT2D eigenvalue weighted by Crippen LogP contribution is -2.48. The first-order valence-electron chi connectivity index (χ1n) is 8.11. The van der Waals surface area contributed by atoms with Gasteiger partial charge in [0, 0.05) is 12.1 Å². The zero-order valence-corrected chi connectivity index (χ0v) is 12.9. The molecule has 1 fully saturated rings. The van der Waals surface area contributed by atoms with Gasteiger partial charge in [-0.2, -0.15) is 0 Å². The van der Waals surface area contributed by atoms with Crippen LogP contribution in [-0.4, -0.2) is 23.8 Å². The normalized spacial score (nSPS) is 24.8. The first kappa shape index (κ1) is 15.5. The summed E-state index contributed by atoms with van der Waals surface area (Å²) in [7, 11) is 0. The molecule has 0 radical (unpaired) electrons. The van der Waals surface area contributed by atoms with Crippen LogP contribution in [0.25, 0.3) is 0 Å². The fourth-order valence-electron chi connectivity index (χ4n) is 3.54. The van der Waals surface area contributed by atoms with Crippen molar-refractivity contribution in [1.29, 1.82) is 0 Å². The largest absolute Gasteiger partial charge is 0.395 e. The van der Waals surface area contributed by atoms with Gasteiger partial charge in [-0.05, 0) is 36.7 Å². The van der Waals surface area contributed by atoms with Crippen LogP contribution in [0.3, 0.4) is 0 Å². The Labute approximate surface area is 123 Å². The van der Waals surface area contributed by atoms with E-state index in [0.717, 1.165) is 18.3 Å². The number of aliphatic hydroxyl groups is 1. The van der Waals surface area contributed by atoms with Gasteiger partial charge in [0.05, 0.1) is 6.61 Å². The molecule has 0 aromatic heterocycles. The van der Waals surface area contributed by atoms with Crippen LogP contribution in [-0.2, 0) is 6.42 Å². The molecule has 3 atom stereocenters. The summed E-state index contributed by atoms with van der Waals surface area (Å²) in [6.07, 6.45) is 6.19. The zero-order chi connectivity index (χ0) is 14.4. The molecule has 0 heterocycles. The Bertz CT molecular complexity index is 376. The van der Waals surface area contributed by atoms with Crippen molar-refractivity contribution in [3.63, 3.8) is 0 Å². The molecule has 20 heavy (non-hydrogen) atoms. The molecule has 1 aromatic carbocycles. The highest BCUT2D eigenvalue weighted by Crippen LogP contribution is 2.30. The van der Waals surface area contributed by atoms with Crippen molar-refractivity contribution in [2.45, 2.75) is 58.0 Å². The van der Waals surface area contributed by atoms with Gasteiger partial charge in [0.2, 0.25) is 0 Å². The monoisotopic (exact) mass is 275 g/mol. The van der Waals surface area contributed by atoms with Crippen molar-refractivity contribution in [2.24, 2.45) is 11.8 Å². The molecule has 0 spiro atoms. The molecule has 1 saturated carbocycles. The van der Waals surface area contributed by atoms with Crippen LogP contribution >= 0.6 is 0 Å². The number of benzene rings is 1. The van der Waals surface area contributed by atoms with E-state index in [4.69, 9.17) is 0 Å². The molecule has 2 heteroatoms. The topological polar surface area (TPSA) is 32.3 Å². The minimum atomic E-state index is 0.182. The standard InChI is InChI=1S/C18H29NO/c1-14(2)17-10-6-7-11-18(17)19-16(13-20)12-15-8-4-3-5-9-15/h3-5,8-9,14,16-20H,6-7,10-13H2,1-2H3. The second kappa shape index (κ2) is 7.80. The second-order valence-electron chi connectivity index (χ2n) is 6.53. The van der Waals surface area contributed by atoms with Crippen molar-refractivity contribution >= 4 is 0 Å². The maximum atomic E-state index is 9.68. The molecule has 1 aliphatic rings. The van der Waals surface area contributed by atoms with Gasteiger partial charge < -0.3 is 10.4 Å². The summed E-state index contributed by atoms with van der Waals surface area (Å²) in [5, 5.41) is 13.4. The molecule has 2 rings (SSSR count). The number of rotatable bonds is 6. The van der Waals surface area contributed by atoms with Crippen molar-refractivity contribution < 1.29 is 5.11 Å². The van der Waals surface area contributed by atoms with Gasteiger partial charge in [-0.15, -0.1) is 0 Å². The average molecular weight is 275 g/mol. The minimum Gasteiger partial charge on any atom is -0.395 e. The summed E-state index contributed by atoms with van der Waals surface area (Å²) in [4.78, 5) is 0. The smallest absolute Gasteiger partial charge is 0.0587 e.